The number of methoxy groups -OCH3 is 1. The molecular weight excluding hydrogens is 312 g/mol. The van der Waals surface area contributed by atoms with Crippen molar-refractivity contribution >= 4 is 12.6 Å². The predicted octanol–water partition coefficient (Wildman–Crippen LogP) is 2.99. The zero-order chi connectivity index (χ0) is 17.5. The average Bonchev–Trinajstić information content (AvgIpc) is 2.63. The summed E-state index contributed by atoms with van der Waals surface area (Å²) in [7, 11) is 0.215. The first-order valence-electron chi connectivity index (χ1n) is 7.17. The summed E-state index contributed by atoms with van der Waals surface area (Å²) >= 11 is 0. The molecule has 1 fully saturated rings. The number of benzene rings is 1. The van der Waals surface area contributed by atoms with Gasteiger partial charge in [-0.25, -0.2) is 0 Å². The molecule has 1 aliphatic rings. The highest BCUT2D eigenvalue weighted by Crippen LogP contribution is 2.39. The van der Waals surface area contributed by atoms with E-state index in [1.54, 1.807) is 27.7 Å². The largest absolute Gasteiger partial charge is 0.499 e. The number of ether oxygens (including phenoxy) is 2. The summed E-state index contributed by atoms with van der Waals surface area (Å²) in [4.78, 5) is 0. The van der Waals surface area contributed by atoms with Gasteiger partial charge in [0.25, 0.3) is 0 Å². The maximum Gasteiger partial charge on any atom is 0.499 e. The van der Waals surface area contributed by atoms with Gasteiger partial charge in [0.1, 0.15) is 5.75 Å². The lowest BCUT2D eigenvalue weighted by atomic mass is 9.75. The maximum atomic E-state index is 13.4. The van der Waals surface area contributed by atoms with E-state index in [9.17, 15) is 13.2 Å². The van der Waals surface area contributed by atoms with Crippen molar-refractivity contribution in [3.05, 3.63) is 23.8 Å². The van der Waals surface area contributed by atoms with Gasteiger partial charge in [-0.2, -0.15) is 13.2 Å². The van der Waals surface area contributed by atoms with Crippen molar-refractivity contribution in [2.75, 3.05) is 13.9 Å². The van der Waals surface area contributed by atoms with Crippen LogP contribution in [-0.4, -0.2) is 32.2 Å². The van der Waals surface area contributed by atoms with Crippen molar-refractivity contribution in [2.24, 2.45) is 0 Å². The minimum Gasteiger partial charge on any atom is -0.468 e. The van der Waals surface area contributed by atoms with Crippen molar-refractivity contribution in [1.82, 2.24) is 0 Å². The standard InChI is InChI=1S/C15H20BF3O4/c1-13(2)14(3,4)23-16(22-13)12-10(15(17,18)19)7-6-8-11(12)21-9-20-5/h6-8H,9H2,1-5H3. The van der Waals surface area contributed by atoms with Crippen LogP contribution in [0.15, 0.2) is 18.2 Å². The minimum absolute atomic E-state index is 0.0279. The van der Waals surface area contributed by atoms with Crippen LogP contribution in [-0.2, 0) is 20.2 Å². The number of halogens is 3. The first-order valence-corrected chi connectivity index (χ1v) is 7.17. The molecule has 1 aromatic carbocycles. The van der Waals surface area contributed by atoms with Crippen molar-refractivity contribution < 1.29 is 32.0 Å². The normalized spacial score (nSPS) is 19.9. The molecule has 1 aliphatic heterocycles. The van der Waals surface area contributed by atoms with Crippen LogP contribution in [0.1, 0.15) is 33.3 Å². The van der Waals surface area contributed by atoms with E-state index >= 15 is 0 Å². The summed E-state index contributed by atoms with van der Waals surface area (Å²) in [5, 5.41) is 0. The van der Waals surface area contributed by atoms with Gasteiger partial charge in [0.15, 0.2) is 6.79 Å². The van der Waals surface area contributed by atoms with Gasteiger partial charge in [0.05, 0.1) is 16.8 Å². The summed E-state index contributed by atoms with van der Waals surface area (Å²) in [5.74, 6) is 0.0279. The molecule has 0 unspecified atom stereocenters. The van der Waals surface area contributed by atoms with E-state index in [4.69, 9.17) is 18.8 Å². The van der Waals surface area contributed by atoms with E-state index in [1.165, 1.54) is 19.2 Å². The van der Waals surface area contributed by atoms with Gasteiger partial charge in [0.2, 0.25) is 0 Å². The Balaban J connectivity index is 2.51. The summed E-state index contributed by atoms with van der Waals surface area (Å²) in [6.07, 6.45) is -4.55. The molecule has 0 N–H and O–H groups in total. The summed E-state index contributed by atoms with van der Waals surface area (Å²) < 4.78 is 61.8. The quantitative estimate of drug-likeness (QED) is 0.627. The van der Waals surface area contributed by atoms with Gasteiger partial charge in [0, 0.05) is 12.6 Å². The molecule has 0 atom stereocenters. The van der Waals surface area contributed by atoms with E-state index in [2.05, 4.69) is 0 Å². The molecule has 0 spiro atoms. The molecule has 0 radical (unpaired) electrons. The topological polar surface area (TPSA) is 36.9 Å². The Hall–Kier alpha value is -1.25. The van der Waals surface area contributed by atoms with Gasteiger partial charge in [-0.1, -0.05) is 12.1 Å². The molecule has 4 nitrogen and oxygen atoms in total. The van der Waals surface area contributed by atoms with Crippen LogP contribution in [0.3, 0.4) is 0 Å². The molecule has 1 aromatic rings. The predicted molar refractivity (Wildman–Crippen MR) is 79.7 cm³/mol. The lowest BCUT2D eigenvalue weighted by molar-refractivity contribution is -0.137. The van der Waals surface area contributed by atoms with E-state index in [1.807, 2.05) is 0 Å². The Morgan fingerprint density at radius 1 is 1.09 bits per heavy atom. The van der Waals surface area contributed by atoms with Gasteiger partial charge in [-0.15, -0.1) is 0 Å². The van der Waals surface area contributed by atoms with E-state index in [0.717, 1.165) is 6.07 Å². The fourth-order valence-corrected chi connectivity index (χ4v) is 2.24. The van der Waals surface area contributed by atoms with Crippen molar-refractivity contribution in [3.63, 3.8) is 0 Å². The van der Waals surface area contributed by atoms with Gasteiger partial charge in [-0.05, 0) is 33.8 Å². The third-order valence-electron chi connectivity index (χ3n) is 4.19. The number of hydrogen-bond donors (Lipinski definition) is 0. The zero-order valence-electron chi connectivity index (χ0n) is 13.8. The number of rotatable bonds is 4. The van der Waals surface area contributed by atoms with Crippen molar-refractivity contribution in [2.45, 2.75) is 45.1 Å². The molecule has 2 rings (SSSR count). The number of hydrogen-bond acceptors (Lipinski definition) is 4. The summed E-state index contributed by atoms with van der Waals surface area (Å²) in [6, 6.07) is 3.71. The van der Waals surface area contributed by atoms with Crippen LogP contribution in [0, 0.1) is 0 Å². The molecule has 23 heavy (non-hydrogen) atoms. The molecule has 128 valence electrons. The Kier molecular flexibility index (Phi) is 4.72. The number of alkyl halides is 3. The van der Waals surface area contributed by atoms with Gasteiger partial charge < -0.3 is 18.8 Å². The van der Waals surface area contributed by atoms with Crippen molar-refractivity contribution in [1.29, 1.82) is 0 Å². The highest BCUT2D eigenvalue weighted by Gasteiger charge is 2.54. The van der Waals surface area contributed by atoms with E-state index in [0.29, 0.717) is 0 Å². The second-order valence-corrected chi connectivity index (χ2v) is 6.35. The Bertz CT molecular complexity index is 556. The molecule has 0 bridgehead atoms. The Labute approximate surface area is 134 Å². The van der Waals surface area contributed by atoms with E-state index in [-0.39, 0.29) is 18.0 Å². The summed E-state index contributed by atoms with van der Waals surface area (Å²) in [6.45, 7) is 6.93. The molecular formula is C15H20BF3O4. The third-order valence-corrected chi connectivity index (χ3v) is 4.19. The highest BCUT2D eigenvalue weighted by molar-refractivity contribution is 6.63. The van der Waals surface area contributed by atoms with Crippen LogP contribution in [0.4, 0.5) is 13.2 Å². The fraction of sp³-hybridized carbons (Fsp3) is 0.600. The van der Waals surface area contributed by atoms with Crippen LogP contribution in [0.2, 0.25) is 0 Å². The first-order chi connectivity index (χ1) is 10.5. The zero-order valence-corrected chi connectivity index (χ0v) is 13.8. The highest BCUT2D eigenvalue weighted by atomic mass is 19.4. The summed E-state index contributed by atoms with van der Waals surface area (Å²) in [5.41, 5.74) is -2.52. The third kappa shape index (κ3) is 3.49. The smallest absolute Gasteiger partial charge is 0.468 e. The average molecular weight is 332 g/mol. The van der Waals surface area contributed by atoms with Crippen LogP contribution in [0.25, 0.3) is 0 Å². The lowest BCUT2D eigenvalue weighted by Crippen LogP contribution is -2.41. The molecule has 0 saturated carbocycles. The van der Waals surface area contributed by atoms with Crippen LogP contribution >= 0.6 is 0 Å². The molecule has 0 aromatic heterocycles. The first kappa shape index (κ1) is 18.1. The van der Waals surface area contributed by atoms with Crippen molar-refractivity contribution in [3.8, 4) is 5.75 Å². The molecule has 0 aliphatic carbocycles. The van der Waals surface area contributed by atoms with Crippen LogP contribution in [0.5, 0.6) is 5.75 Å². The lowest BCUT2D eigenvalue weighted by Gasteiger charge is -2.32. The molecule has 1 heterocycles. The van der Waals surface area contributed by atoms with Crippen LogP contribution < -0.4 is 10.2 Å². The monoisotopic (exact) mass is 332 g/mol. The fourth-order valence-electron chi connectivity index (χ4n) is 2.24. The second-order valence-electron chi connectivity index (χ2n) is 6.35. The maximum absolute atomic E-state index is 13.4. The molecule has 8 heteroatoms. The molecule has 1 saturated heterocycles. The van der Waals surface area contributed by atoms with E-state index < -0.39 is 30.1 Å². The Morgan fingerprint density at radius 3 is 2.13 bits per heavy atom. The SMILES string of the molecule is COCOc1cccc(C(F)(F)F)c1B1OC(C)(C)C(C)(C)O1. The second kappa shape index (κ2) is 6.00. The van der Waals surface area contributed by atoms with Gasteiger partial charge in [-0.3, -0.25) is 0 Å². The van der Waals surface area contributed by atoms with Gasteiger partial charge >= 0.3 is 13.3 Å². The molecule has 0 amide bonds. The minimum atomic E-state index is -4.55. The Morgan fingerprint density at radius 2 is 1.65 bits per heavy atom.